The first-order valence-corrected chi connectivity index (χ1v) is 10.8. The molecule has 3 fully saturated rings. The molecule has 0 heterocycles. The van der Waals surface area contributed by atoms with Crippen molar-refractivity contribution >= 4 is 22.6 Å². The Morgan fingerprint density at radius 3 is 1.68 bits per heavy atom. The van der Waals surface area contributed by atoms with Gasteiger partial charge in [-0.2, -0.15) is 0 Å². The molecular weight excluding hydrogens is 386 g/mol. The average Bonchev–Trinajstić information content (AvgIpc) is 2.58. The lowest BCUT2D eigenvalue weighted by Crippen LogP contribution is -2.33. The van der Waals surface area contributed by atoms with Crippen LogP contribution in [-0.2, 0) is 0 Å². The minimum atomic E-state index is -0.536. The van der Waals surface area contributed by atoms with E-state index >= 15 is 0 Å². The van der Waals surface area contributed by atoms with Crippen molar-refractivity contribution in [2.45, 2.75) is 80.7 Å². The minimum Gasteiger partial charge on any atom is -0.246 e. The summed E-state index contributed by atoms with van der Waals surface area (Å²) in [7, 11) is 0. The molecule has 0 spiro atoms. The summed E-state index contributed by atoms with van der Waals surface area (Å²) < 4.78 is 14.3. The second-order valence-corrected chi connectivity index (χ2v) is 9.79. The third-order valence-corrected chi connectivity index (χ3v) is 8.44. The number of halogens is 2. The molecule has 2 heteroatoms. The Bertz CT molecular complexity index is 353. The highest BCUT2D eigenvalue weighted by molar-refractivity contribution is 14.1. The second-order valence-electron chi connectivity index (χ2n) is 8.19. The number of hydrogen-bond acceptors (Lipinski definition) is 0. The summed E-state index contributed by atoms with van der Waals surface area (Å²) in [4.78, 5) is 0. The summed E-state index contributed by atoms with van der Waals surface area (Å²) in [6, 6.07) is 0. The van der Waals surface area contributed by atoms with E-state index in [4.69, 9.17) is 0 Å². The van der Waals surface area contributed by atoms with Crippen molar-refractivity contribution < 1.29 is 4.39 Å². The molecule has 0 bridgehead atoms. The van der Waals surface area contributed by atoms with Crippen LogP contribution in [0.4, 0.5) is 4.39 Å². The van der Waals surface area contributed by atoms with Gasteiger partial charge in [0.25, 0.3) is 0 Å². The Hall–Kier alpha value is 0.400. The molecular formula is C20H32FI. The number of rotatable bonds is 3. The maximum absolute atomic E-state index is 14.0. The van der Waals surface area contributed by atoms with E-state index in [1.165, 1.54) is 57.8 Å². The van der Waals surface area contributed by atoms with E-state index in [1.807, 2.05) is 0 Å². The Kier molecular flexibility index (Phi) is 6.25. The van der Waals surface area contributed by atoms with Crippen molar-refractivity contribution in [3.8, 4) is 0 Å². The summed E-state index contributed by atoms with van der Waals surface area (Å²) >= 11 is 2.32. The molecule has 3 atom stereocenters. The third kappa shape index (κ3) is 4.08. The van der Waals surface area contributed by atoms with E-state index in [2.05, 4.69) is 35.2 Å². The van der Waals surface area contributed by atoms with Crippen LogP contribution in [0.3, 0.4) is 0 Å². The van der Waals surface area contributed by atoms with Gasteiger partial charge in [0.1, 0.15) is 6.17 Å². The Balaban J connectivity index is 1.44. The maximum atomic E-state index is 14.0. The zero-order chi connectivity index (χ0) is 15.5. The third-order valence-electron chi connectivity index (χ3n) is 7.03. The van der Waals surface area contributed by atoms with Crippen LogP contribution in [0.25, 0.3) is 0 Å². The van der Waals surface area contributed by atoms with E-state index in [1.54, 1.807) is 0 Å². The van der Waals surface area contributed by atoms with Gasteiger partial charge in [-0.1, -0.05) is 28.7 Å². The number of hydrogen-bond donors (Lipinski definition) is 0. The molecule has 22 heavy (non-hydrogen) atoms. The fourth-order valence-corrected chi connectivity index (χ4v) is 6.13. The normalized spacial score (nSPS) is 47.1. The van der Waals surface area contributed by atoms with Gasteiger partial charge >= 0.3 is 0 Å². The molecule has 0 aromatic rings. The molecule has 0 aromatic carbocycles. The van der Waals surface area contributed by atoms with Gasteiger partial charge in [-0.15, -0.1) is 6.58 Å². The fraction of sp³-hybridized carbons (Fsp3) is 0.900. The van der Waals surface area contributed by atoms with Crippen molar-refractivity contribution in [1.82, 2.24) is 0 Å². The highest BCUT2D eigenvalue weighted by Crippen LogP contribution is 2.46. The summed E-state index contributed by atoms with van der Waals surface area (Å²) in [5.41, 5.74) is 0. The van der Waals surface area contributed by atoms with E-state index in [9.17, 15) is 4.39 Å². The Morgan fingerprint density at radius 1 is 0.727 bits per heavy atom. The van der Waals surface area contributed by atoms with Crippen molar-refractivity contribution in [1.29, 1.82) is 0 Å². The van der Waals surface area contributed by atoms with Gasteiger partial charge in [0.15, 0.2) is 0 Å². The predicted octanol–water partition coefficient (Wildman–Crippen LogP) is 6.73. The highest BCUT2D eigenvalue weighted by Gasteiger charge is 2.36. The smallest absolute Gasteiger partial charge is 0.112 e. The lowest BCUT2D eigenvalue weighted by molar-refractivity contribution is 0.0978. The van der Waals surface area contributed by atoms with E-state index in [0.29, 0.717) is 5.92 Å². The molecule has 0 saturated heterocycles. The van der Waals surface area contributed by atoms with Gasteiger partial charge in [0.2, 0.25) is 0 Å². The summed E-state index contributed by atoms with van der Waals surface area (Å²) in [6.45, 7) is 3.96. The van der Waals surface area contributed by atoms with E-state index in [0.717, 1.165) is 36.5 Å². The zero-order valence-electron chi connectivity index (χ0n) is 13.9. The van der Waals surface area contributed by atoms with Crippen molar-refractivity contribution in [3.63, 3.8) is 0 Å². The van der Waals surface area contributed by atoms with Crippen LogP contribution in [0.1, 0.15) is 70.6 Å². The van der Waals surface area contributed by atoms with Crippen LogP contribution in [0.2, 0.25) is 0 Å². The van der Waals surface area contributed by atoms with E-state index in [-0.39, 0.29) is 3.92 Å². The van der Waals surface area contributed by atoms with Gasteiger partial charge in [-0.3, -0.25) is 0 Å². The lowest BCUT2D eigenvalue weighted by atomic mass is 9.65. The quantitative estimate of drug-likeness (QED) is 0.271. The molecule has 3 rings (SSSR count). The molecule has 0 nitrogen and oxygen atoms in total. The molecule has 0 N–H and O–H groups in total. The predicted molar refractivity (Wildman–Crippen MR) is 101 cm³/mol. The summed E-state index contributed by atoms with van der Waals surface area (Å²) in [6.07, 6.45) is 16.1. The number of alkyl halides is 2. The Morgan fingerprint density at radius 2 is 1.18 bits per heavy atom. The molecule has 0 radical (unpaired) electrons. The van der Waals surface area contributed by atoms with Gasteiger partial charge in [0, 0.05) is 3.92 Å². The molecule has 3 aliphatic rings. The van der Waals surface area contributed by atoms with Crippen LogP contribution in [0, 0.1) is 29.6 Å². The van der Waals surface area contributed by atoms with Crippen LogP contribution < -0.4 is 0 Å². The zero-order valence-corrected chi connectivity index (χ0v) is 16.0. The average molecular weight is 418 g/mol. The maximum Gasteiger partial charge on any atom is 0.112 e. The van der Waals surface area contributed by atoms with Gasteiger partial charge in [-0.05, 0) is 100 Å². The van der Waals surface area contributed by atoms with Crippen molar-refractivity contribution in [3.05, 3.63) is 12.7 Å². The largest absolute Gasteiger partial charge is 0.246 e. The first-order valence-electron chi connectivity index (χ1n) is 9.58. The molecule has 126 valence electrons. The summed E-state index contributed by atoms with van der Waals surface area (Å²) in [5.74, 6) is 4.28. The summed E-state index contributed by atoms with van der Waals surface area (Å²) in [5, 5.41) is 0. The van der Waals surface area contributed by atoms with Gasteiger partial charge in [0.05, 0.1) is 0 Å². The SMILES string of the molecule is C=CC1CCC(C2CCC(C3CCC(I)C(F)C3)CC2)CC1. The van der Waals surface area contributed by atoms with Crippen LogP contribution in [0.15, 0.2) is 12.7 Å². The standard InChI is InChI=1S/C20H32FI/c1-2-14-3-5-15(6-4-14)16-7-9-17(10-8-16)18-11-12-20(22)19(21)13-18/h2,14-20H,1,3-13H2. The fourth-order valence-electron chi connectivity index (χ4n) is 5.48. The first-order chi connectivity index (χ1) is 10.7. The van der Waals surface area contributed by atoms with E-state index < -0.39 is 6.17 Å². The van der Waals surface area contributed by atoms with Crippen LogP contribution >= 0.6 is 22.6 Å². The van der Waals surface area contributed by atoms with Gasteiger partial charge < -0.3 is 0 Å². The topological polar surface area (TPSA) is 0 Å². The second kappa shape index (κ2) is 7.98. The van der Waals surface area contributed by atoms with Crippen LogP contribution in [-0.4, -0.2) is 10.1 Å². The number of allylic oxidation sites excluding steroid dienone is 1. The lowest BCUT2D eigenvalue weighted by Gasteiger charge is -2.41. The van der Waals surface area contributed by atoms with Crippen molar-refractivity contribution in [2.75, 3.05) is 0 Å². The van der Waals surface area contributed by atoms with Gasteiger partial charge in [-0.25, -0.2) is 4.39 Å². The molecule has 3 aliphatic carbocycles. The molecule has 0 aliphatic heterocycles. The van der Waals surface area contributed by atoms with Crippen LogP contribution in [0.5, 0.6) is 0 Å². The molecule has 0 aromatic heterocycles. The molecule has 3 unspecified atom stereocenters. The molecule has 0 amide bonds. The monoisotopic (exact) mass is 418 g/mol. The Labute approximate surface area is 149 Å². The minimum absolute atomic E-state index is 0.283. The molecule has 3 saturated carbocycles. The first kappa shape index (κ1) is 17.2. The van der Waals surface area contributed by atoms with Crippen molar-refractivity contribution in [2.24, 2.45) is 29.6 Å². The highest BCUT2D eigenvalue weighted by atomic mass is 127.